The van der Waals surface area contributed by atoms with Crippen molar-refractivity contribution in [3.05, 3.63) is 47.0 Å². The molecule has 7 nitrogen and oxygen atoms in total. The number of amides is 2. The number of rotatable bonds is 2. The van der Waals surface area contributed by atoms with E-state index in [1.54, 1.807) is 7.11 Å². The quantitative estimate of drug-likeness (QED) is 0.863. The molecule has 0 aliphatic carbocycles. The van der Waals surface area contributed by atoms with Crippen molar-refractivity contribution in [3.63, 3.8) is 0 Å². The largest absolute Gasteiger partial charge is 0.495 e. The fraction of sp³-hybridized carbons (Fsp3) is 0.476. The van der Waals surface area contributed by atoms with E-state index in [9.17, 15) is 4.79 Å². The van der Waals surface area contributed by atoms with Crippen LogP contribution in [0.3, 0.4) is 0 Å². The van der Waals surface area contributed by atoms with E-state index in [0.29, 0.717) is 31.1 Å². The number of ether oxygens (including phenoxy) is 2. The van der Waals surface area contributed by atoms with Crippen LogP contribution in [0.15, 0.2) is 24.4 Å². The third kappa shape index (κ3) is 3.42. The first kappa shape index (κ1) is 18.7. The van der Waals surface area contributed by atoms with E-state index >= 15 is 0 Å². The van der Waals surface area contributed by atoms with E-state index in [1.165, 1.54) is 5.56 Å². The number of piperidine rings is 1. The summed E-state index contributed by atoms with van der Waals surface area (Å²) in [6.07, 6.45) is 4.23. The van der Waals surface area contributed by atoms with Crippen molar-refractivity contribution in [3.8, 4) is 5.75 Å². The number of likely N-dealkylation sites (tertiary alicyclic amines) is 1. The number of nitrogens with zero attached hydrogens (tertiary/aromatic N) is 3. The molecule has 1 spiro atoms. The molecule has 2 aliphatic rings. The van der Waals surface area contributed by atoms with Gasteiger partial charge in [-0.2, -0.15) is 0 Å². The van der Waals surface area contributed by atoms with Gasteiger partial charge in [-0.3, -0.25) is 0 Å². The molecule has 1 aromatic carbocycles. The van der Waals surface area contributed by atoms with Crippen LogP contribution in [0, 0.1) is 13.8 Å². The molecule has 1 fully saturated rings. The van der Waals surface area contributed by atoms with Gasteiger partial charge in [0.1, 0.15) is 17.2 Å². The number of fused-ring (bicyclic) bond motifs is 2. The van der Waals surface area contributed by atoms with Crippen LogP contribution in [-0.2, 0) is 16.8 Å². The van der Waals surface area contributed by atoms with Gasteiger partial charge in [0.2, 0.25) is 0 Å². The number of carbonyl (C=O) groups is 1. The molecule has 2 aromatic rings. The molecule has 0 saturated carbocycles. The van der Waals surface area contributed by atoms with E-state index in [2.05, 4.69) is 15.3 Å². The van der Waals surface area contributed by atoms with Gasteiger partial charge in [-0.25, -0.2) is 14.8 Å². The van der Waals surface area contributed by atoms with Crippen LogP contribution in [0.2, 0.25) is 0 Å². The van der Waals surface area contributed by atoms with Crippen molar-refractivity contribution in [2.45, 2.75) is 38.7 Å². The molecule has 1 saturated heterocycles. The summed E-state index contributed by atoms with van der Waals surface area (Å²) in [5.41, 5.74) is 3.52. The second-order valence-corrected chi connectivity index (χ2v) is 7.50. The zero-order chi connectivity index (χ0) is 19.7. The van der Waals surface area contributed by atoms with E-state index < -0.39 is 5.60 Å². The average molecular weight is 382 g/mol. The smallest absolute Gasteiger partial charge is 0.321 e. The fourth-order valence-electron chi connectivity index (χ4n) is 4.06. The molecule has 0 atom stereocenters. The molecule has 3 heterocycles. The lowest BCUT2D eigenvalue weighted by molar-refractivity contribution is -0.0955. The summed E-state index contributed by atoms with van der Waals surface area (Å²) < 4.78 is 11.6. The number of aryl methyl sites for hydroxylation is 2. The molecule has 4 rings (SSSR count). The Hall–Kier alpha value is -2.67. The SMILES string of the molecule is COc1ccc(C)cc1NC(=O)N1CCC2(CC1)OCCc1cnc(C)nc12. The second kappa shape index (κ2) is 7.39. The van der Waals surface area contributed by atoms with Gasteiger partial charge in [-0.1, -0.05) is 6.07 Å². The van der Waals surface area contributed by atoms with Crippen LogP contribution in [0.4, 0.5) is 10.5 Å². The number of methoxy groups -OCH3 is 1. The number of benzene rings is 1. The number of urea groups is 1. The van der Waals surface area contributed by atoms with E-state index in [0.717, 1.165) is 36.3 Å². The maximum Gasteiger partial charge on any atom is 0.321 e. The molecular formula is C21H26N4O3. The number of aromatic nitrogens is 2. The molecule has 2 aliphatic heterocycles. The fourth-order valence-corrected chi connectivity index (χ4v) is 4.06. The Morgan fingerprint density at radius 3 is 2.82 bits per heavy atom. The Labute approximate surface area is 165 Å². The van der Waals surface area contributed by atoms with Crippen molar-refractivity contribution >= 4 is 11.7 Å². The zero-order valence-corrected chi connectivity index (χ0v) is 16.6. The molecule has 28 heavy (non-hydrogen) atoms. The summed E-state index contributed by atoms with van der Waals surface area (Å²) in [7, 11) is 1.60. The second-order valence-electron chi connectivity index (χ2n) is 7.50. The van der Waals surface area contributed by atoms with Gasteiger partial charge in [-0.05, 0) is 56.4 Å². The Morgan fingerprint density at radius 2 is 2.07 bits per heavy atom. The van der Waals surface area contributed by atoms with Crippen LogP contribution < -0.4 is 10.1 Å². The lowest BCUT2D eigenvalue weighted by Gasteiger charge is -2.44. The maximum atomic E-state index is 12.8. The van der Waals surface area contributed by atoms with Crippen LogP contribution in [0.25, 0.3) is 0 Å². The number of hydrogen-bond donors (Lipinski definition) is 1. The normalized spacial score (nSPS) is 17.9. The molecular weight excluding hydrogens is 356 g/mol. The molecule has 2 amide bonds. The van der Waals surface area contributed by atoms with Crippen LogP contribution in [-0.4, -0.2) is 47.7 Å². The number of anilines is 1. The Kier molecular flexibility index (Phi) is 4.93. The first-order valence-electron chi connectivity index (χ1n) is 9.68. The first-order chi connectivity index (χ1) is 13.5. The van der Waals surface area contributed by atoms with Crippen LogP contribution in [0.1, 0.15) is 35.5 Å². The summed E-state index contributed by atoms with van der Waals surface area (Å²) in [5.74, 6) is 1.42. The monoisotopic (exact) mass is 382 g/mol. The van der Waals surface area contributed by atoms with Gasteiger partial charge in [0.25, 0.3) is 0 Å². The third-order valence-electron chi connectivity index (χ3n) is 5.62. The van der Waals surface area contributed by atoms with Gasteiger partial charge >= 0.3 is 6.03 Å². The minimum absolute atomic E-state index is 0.117. The molecule has 1 aromatic heterocycles. The molecule has 1 N–H and O–H groups in total. The summed E-state index contributed by atoms with van der Waals surface area (Å²) >= 11 is 0. The van der Waals surface area contributed by atoms with Crippen molar-refractivity contribution < 1.29 is 14.3 Å². The van der Waals surface area contributed by atoms with Gasteiger partial charge in [0, 0.05) is 19.3 Å². The lowest BCUT2D eigenvalue weighted by atomic mass is 9.83. The predicted molar refractivity (Wildman–Crippen MR) is 106 cm³/mol. The molecule has 0 unspecified atom stereocenters. The summed E-state index contributed by atoms with van der Waals surface area (Å²) in [6, 6.07) is 5.63. The van der Waals surface area contributed by atoms with Crippen LogP contribution >= 0.6 is 0 Å². The number of carbonyl (C=O) groups excluding carboxylic acids is 1. The Bertz CT molecular complexity index is 891. The molecule has 0 bridgehead atoms. The molecule has 0 radical (unpaired) electrons. The van der Waals surface area contributed by atoms with Gasteiger partial charge < -0.3 is 19.7 Å². The van der Waals surface area contributed by atoms with Crippen molar-refractivity contribution in [2.75, 3.05) is 32.1 Å². The van der Waals surface area contributed by atoms with Gasteiger partial charge in [0.05, 0.1) is 25.1 Å². The minimum atomic E-state index is -0.404. The van der Waals surface area contributed by atoms with E-state index in [4.69, 9.17) is 9.47 Å². The highest BCUT2D eigenvalue weighted by Crippen LogP contribution is 2.40. The summed E-state index contributed by atoms with van der Waals surface area (Å²) in [4.78, 5) is 23.7. The number of hydrogen-bond acceptors (Lipinski definition) is 5. The first-order valence-corrected chi connectivity index (χ1v) is 9.68. The molecule has 148 valence electrons. The average Bonchev–Trinajstić information content (AvgIpc) is 2.69. The van der Waals surface area contributed by atoms with Crippen LogP contribution in [0.5, 0.6) is 5.75 Å². The van der Waals surface area contributed by atoms with Crippen molar-refractivity contribution in [1.82, 2.24) is 14.9 Å². The molecule has 7 heteroatoms. The minimum Gasteiger partial charge on any atom is -0.495 e. The highest BCUT2D eigenvalue weighted by atomic mass is 16.5. The topological polar surface area (TPSA) is 76.6 Å². The van der Waals surface area contributed by atoms with Gasteiger partial charge in [-0.15, -0.1) is 0 Å². The highest BCUT2D eigenvalue weighted by Gasteiger charge is 2.43. The van der Waals surface area contributed by atoms with Crippen molar-refractivity contribution in [1.29, 1.82) is 0 Å². The number of nitrogens with one attached hydrogen (secondary N) is 1. The van der Waals surface area contributed by atoms with Crippen molar-refractivity contribution in [2.24, 2.45) is 0 Å². The maximum absolute atomic E-state index is 12.8. The summed E-state index contributed by atoms with van der Waals surface area (Å²) in [6.45, 7) is 5.79. The van der Waals surface area contributed by atoms with E-state index in [-0.39, 0.29) is 6.03 Å². The summed E-state index contributed by atoms with van der Waals surface area (Å²) in [5, 5.41) is 2.99. The lowest BCUT2D eigenvalue weighted by Crippen LogP contribution is -2.50. The Balaban J connectivity index is 1.47. The van der Waals surface area contributed by atoms with Gasteiger partial charge in [0.15, 0.2) is 0 Å². The predicted octanol–water partition coefficient (Wildman–Crippen LogP) is 3.20. The zero-order valence-electron chi connectivity index (χ0n) is 16.6. The highest BCUT2D eigenvalue weighted by molar-refractivity contribution is 5.91. The third-order valence-corrected chi connectivity index (χ3v) is 5.62. The Morgan fingerprint density at radius 1 is 1.29 bits per heavy atom. The van der Waals surface area contributed by atoms with E-state index in [1.807, 2.05) is 43.1 Å². The standard InChI is InChI=1S/C21H26N4O3/c1-14-4-5-18(27-3)17(12-14)24-20(26)25-9-7-21(8-10-25)19-16(6-11-28-21)13-22-15(2)23-19/h4-5,12-13H,6-11H2,1-3H3,(H,24,26).